The Morgan fingerprint density at radius 1 is 1.17 bits per heavy atom. The van der Waals surface area contributed by atoms with Crippen LogP contribution in [0.2, 0.25) is 0 Å². The van der Waals surface area contributed by atoms with Gasteiger partial charge in [0, 0.05) is 37.8 Å². The molecule has 0 aromatic heterocycles. The molecular weight excluding hydrogens is 296 g/mol. The third-order valence-electron chi connectivity index (χ3n) is 5.33. The van der Waals surface area contributed by atoms with Gasteiger partial charge in [0.25, 0.3) is 0 Å². The van der Waals surface area contributed by atoms with Gasteiger partial charge < -0.3 is 10.6 Å². The molecule has 1 aromatic rings. The molecule has 1 aliphatic carbocycles. The van der Waals surface area contributed by atoms with Gasteiger partial charge in [-0.05, 0) is 44.6 Å². The van der Waals surface area contributed by atoms with Crippen molar-refractivity contribution in [3.8, 4) is 0 Å². The average molecular weight is 329 g/mol. The fraction of sp³-hybridized carbons (Fsp3) is 0.650. The minimum atomic E-state index is 0.527. The zero-order valence-electron chi connectivity index (χ0n) is 15.3. The van der Waals surface area contributed by atoms with E-state index in [-0.39, 0.29) is 0 Å². The molecule has 4 atom stereocenters. The van der Waals surface area contributed by atoms with Gasteiger partial charge in [-0.2, -0.15) is 0 Å². The maximum Gasteiger partial charge on any atom is 0.191 e. The molecule has 2 aliphatic rings. The molecule has 2 fully saturated rings. The Bertz CT molecular complexity index is 542. The quantitative estimate of drug-likeness (QED) is 0.645. The van der Waals surface area contributed by atoms with E-state index in [2.05, 4.69) is 71.6 Å². The van der Waals surface area contributed by atoms with Crippen LogP contribution in [0.5, 0.6) is 0 Å². The Balaban J connectivity index is 1.50. The van der Waals surface area contributed by atoms with Crippen molar-refractivity contribution in [1.82, 2.24) is 15.5 Å². The molecule has 1 saturated heterocycles. The highest BCUT2D eigenvalue weighted by atomic mass is 15.2. The first-order valence-electron chi connectivity index (χ1n) is 9.51. The van der Waals surface area contributed by atoms with Crippen molar-refractivity contribution in [3.05, 3.63) is 35.9 Å². The van der Waals surface area contributed by atoms with Gasteiger partial charge in [-0.25, -0.2) is 0 Å². The molecule has 0 bridgehead atoms. The van der Waals surface area contributed by atoms with E-state index < -0.39 is 0 Å². The van der Waals surface area contributed by atoms with Crippen molar-refractivity contribution in [1.29, 1.82) is 0 Å². The van der Waals surface area contributed by atoms with E-state index >= 15 is 0 Å². The van der Waals surface area contributed by atoms with Gasteiger partial charge in [0.2, 0.25) is 0 Å². The first-order valence-corrected chi connectivity index (χ1v) is 9.51. The molecule has 4 unspecified atom stereocenters. The minimum Gasteiger partial charge on any atom is -0.354 e. The van der Waals surface area contributed by atoms with Crippen molar-refractivity contribution in [2.45, 2.75) is 64.7 Å². The van der Waals surface area contributed by atoms with Crippen LogP contribution in [0.25, 0.3) is 0 Å². The molecule has 2 N–H and O–H groups in total. The molecule has 4 heteroatoms. The van der Waals surface area contributed by atoms with Gasteiger partial charge >= 0.3 is 0 Å². The minimum absolute atomic E-state index is 0.527. The number of hydrogen-bond acceptors (Lipinski definition) is 2. The molecule has 4 nitrogen and oxygen atoms in total. The van der Waals surface area contributed by atoms with Crippen LogP contribution in [-0.4, -0.2) is 42.1 Å². The zero-order valence-corrected chi connectivity index (χ0v) is 15.3. The Kier molecular flexibility index (Phi) is 5.77. The van der Waals surface area contributed by atoms with Crippen LogP contribution in [0.4, 0.5) is 0 Å². The number of nitrogens with one attached hydrogen (secondary N) is 2. The lowest BCUT2D eigenvalue weighted by Gasteiger charge is -2.38. The van der Waals surface area contributed by atoms with Crippen LogP contribution in [0.1, 0.15) is 45.6 Å². The van der Waals surface area contributed by atoms with Gasteiger partial charge in [0.05, 0.1) is 0 Å². The van der Waals surface area contributed by atoms with E-state index in [1.165, 1.54) is 24.8 Å². The highest BCUT2D eigenvalue weighted by Crippen LogP contribution is 2.29. The van der Waals surface area contributed by atoms with Crippen LogP contribution in [-0.2, 0) is 6.54 Å². The highest BCUT2D eigenvalue weighted by Gasteiger charge is 2.34. The predicted octanol–water partition coefficient (Wildman–Crippen LogP) is 3.00. The molecule has 0 radical (unpaired) electrons. The second-order valence-electron chi connectivity index (χ2n) is 7.46. The molecule has 3 rings (SSSR count). The van der Waals surface area contributed by atoms with Crippen LogP contribution in [0, 0.1) is 5.92 Å². The molecule has 0 amide bonds. The number of benzene rings is 1. The molecule has 1 saturated carbocycles. The third kappa shape index (κ3) is 4.73. The number of hydrogen-bond donors (Lipinski definition) is 2. The fourth-order valence-electron chi connectivity index (χ4n) is 3.59. The van der Waals surface area contributed by atoms with E-state index in [1.807, 2.05) is 0 Å². The summed E-state index contributed by atoms with van der Waals surface area (Å²) in [7, 11) is 0. The van der Waals surface area contributed by atoms with E-state index in [0.29, 0.717) is 18.1 Å². The summed E-state index contributed by atoms with van der Waals surface area (Å²) >= 11 is 0. The summed E-state index contributed by atoms with van der Waals surface area (Å²) in [6, 6.07) is 12.5. The van der Waals surface area contributed by atoms with Crippen molar-refractivity contribution in [2.24, 2.45) is 10.9 Å². The molecular formula is C20H32N4. The van der Waals surface area contributed by atoms with Crippen LogP contribution >= 0.6 is 0 Å². The van der Waals surface area contributed by atoms with Crippen molar-refractivity contribution >= 4 is 5.96 Å². The topological polar surface area (TPSA) is 39.7 Å². The van der Waals surface area contributed by atoms with Crippen molar-refractivity contribution in [2.75, 3.05) is 13.1 Å². The number of guanidine groups is 1. The summed E-state index contributed by atoms with van der Waals surface area (Å²) in [5, 5.41) is 7.26. The monoisotopic (exact) mass is 328 g/mol. The summed E-state index contributed by atoms with van der Waals surface area (Å²) in [5.41, 5.74) is 1.41. The normalized spacial score (nSPS) is 30.9. The lowest BCUT2D eigenvalue weighted by atomic mass is 9.97. The first-order chi connectivity index (χ1) is 11.7. The van der Waals surface area contributed by atoms with Crippen molar-refractivity contribution < 1.29 is 0 Å². The predicted molar refractivity (Wildman–Crippen MR) is 101 cm³/mol. The second-order valence-corrected chi connectivity index (χ2v) is 7.46. The number of piperidine rings is 1. The second kappa shape index (κ2) is 8.02. The lowest BCUT2D eigenvalue weighted by molar-refractivity contribution is 0.134. The smallest absolute Gasteiger partial charge is 0.191 e. The lowest BCUT2D eigenvalue weighted by Crippen LogP contribution is -2.51. The number of rotatable bonds is 5. The zero-order chi connectivity index (χ0) is 16.9. The van der Waals surface area contributed by atoms with Gasteiger partial charge in [-0.3, -0.25) is 9.89 Å². The maximum absolute atomic E-state index is 4.63. The molecule has 24 heavy (non-hydrogen) atoms. The molecule has 0 spiro atoms. The standard InChI is InChI=1S/C20H32N4/c1-4-21-20(23-19-12-15(19)2)22-18-10-11-24(16(3)13-18)14-17-8-6-5-7-9-17/h5-9,15-16,18-19H,4,10-14H2,1-3H3,(H2,21,22,23). The number of aliphatic imine (C=N–C) groups is 1. The highest BCUT2D eigenvalue weighted by molar-refractivity contribution is 5.80. The SMILES string of the molecule is CCN=C(NC1CCN(Cc2ccccc2)C(C)C1)NC1CC1C. The van der Waals surface area contributed by atoms with E-state index in [0.717, 1.165) is 31.5 Å². The number of likely N-dealkylation sites (tertiary alicyclic amines) is 1. The summed E-state index contributed by atoms with van der Waals surface area (Å²) in [5.74, 6) is 1.81. The Morgan fingerprint density at radius 3 is 2.54 bits per heavy atom. The van der Waals surface area contributed by atoms with Crippen LogP contribution < -0.4 is 10.6 Å². The van der Waals surface area contributed by atoms with Gasteiger partial charge in [0.15, 0.2) is 5.96 Å². The molecule has 132 valence electrons. The Labute approximate surface area is 146 Å². The van der Waals surface area contributed by atoms with E-state index in [1.54, 1.807) is 0 Å². The summed E-state index contributed by atoms with van der Waals surface area (Å²) in [6.45, 7) is 9.79. The van der Waals surface area contributed by atoms with Gasteiger partial charge in [0.1, 0.15) is 0 Å². The molecule has 1 heterocycles. The van der Waals surface area contributed by atoms with Gasteiger partial charge in [-0.15, -0.1) is 0 Å². The fourth-order valence-corrected chi connectivity index (χ4v) is 3.59. The molecule has 1 aromatic carbocycles. The summed E-state index contributed by atoms with van der Waals surface area (Å²) in [6.07, 6.45) is 3.63. The largest absolute Gasteiger partial charge is 0.354 e. The average Bonchev–Trinajstić information content (AvgIpc) is 3.26. The molecule has 1 aliphatic heterocycles. The van der Waals surface area contributed by atoms with Gasteiger partial charge in [-0.1, -0.05) is 37.3 Å². The van der Waals surface area contributed by atoms with Crippen molar-refractivity contribution in [3.63, 3.8) is 0 Å². The summed E-state index contributed by atoms with van der Waals surface area (Å²) in [4.78, 5) is 7.22. The van der Waals surface area contributed by atoms with E-state index in [4.69, 9.17) is 0 Å². The maximum atomic E-state index is 4.63. The third-order valence-corrected chi connectivity index (χ3v) is 5.33. The Morgan fingerprint density at radius 2 is 1.92 bits per heavy atom. The summed E-state index contributed by atoms with van der Waals surface area (Å²) < 4.78 is 0. The van der Waals surface area contributed by atoms with E-state index in [9.17, 15) is 0 Å². The van der Waals surface area contributed by atoms with Crippen LogP contribution in [0.15, 0.2) is 35.3 Å². The Hall–Kier alpha value is -1.55. The number of nitrogens with zero attached hydrogens (tertiary/aromatic N) is 2. The van der Waals surface area contributed by atoms with Crippen LogP contribution in [0.3, 0.4) is 0 Å². The first kappa shape index (κ1) is 17.3.